The van der Waals surface area contributed by atoms with Gasteiger partial charge in [-0.3, -0.25) is 24.3 Å². The van der Waals surface area contributed by atoms with Crippen LogP contribution in [-0.2, 0) is 0 Å². The van der Waals surface area contributed by atoms with E-state index in [2.05, 4.69) is 178 Å². The zero-order chi connectivity index (χ0) is 74.3. The number of anilines is 3. The predicted octanol–water partition coefficient (Wildman–Crippen LogP) is 19.8. The van der Waals surface area contributed by atoms with Crippen LogP contribution >= 0.6 is 0 Å². The lowest BCUT2D eigenvalue weighted by Gasteiger charge is -2.41. The van der Waals surface area contributed by atoms with E-state index in [0.29, 0.717) is 31.2 Å². The maximum Gasteiger partial charge on any atom is 0.269 e. The lowest BCUT2D eigenvalue weighted by atomic mass is 9.85. The number of nitro groups is 1. The number of nitrogen functional groups attached to an aromatic ring is 1. The van der Waals surface area contributed by atoms with Crippen LogP contribution in [0.1, 0.15) is 172 Å². The maximum absolute atomic E-state index is 13.3. The highest BCUT2D eigenvalue weighted by Gasteiger charge is 2.33. The predicted molar refractivity (Wildman–Crippen MR) is 442 cm³/mol. The zero-order valence-corrected chi connectivity index (χ0v) is 62.9. The number of nitrogens with zero attached hydrogens (tertiary/aromatic N) is 6. The summed E-state index contributed by atoms with van der Waals surface area (Å²) in [6.45, 7) is 15.5. The average molecular weight is 1440 g/mol. The number of piperidine rings is 1. The number of allylic oxidation sites excluding steroid dienone is 3. The van der Waals surface area contributed by atoms with Crippen molar-refractivity contribution >= 4 is 56.2 Å². The van der Waals surface area contributed by atoms with Gasteiger partial charge in [0.15, 0.2) is 0 Å². The van der Waals surface area contributed by atoms with Gasteiger partial charge in [-0.1, -0.05) is 183 Å². The number of phenolic OH excluding ortho intramolecular Hbond substituents is 1. The van der Waals surface area contributed by atoms with E-state index in [1.54, 1.807) is 24.3 Å². The molecular formula is C94H110FN7O5. The molecule has 9 aromatic carbocycles. The summed E-state index contributed by atoms with van der Waals surface area (Å²) in [5, 5.41) is 40.4. The summed E-state index contributed by atoms with van der Waals surface area (Å²) in [4.78, 5) is 23.7. The molecule has 3 saturated heterocycles. The van der Waals surface area contributed by atoms with Gasteiger partial charge in [0.1, 0.15) is 5.75 Å². The van der Waals surface area contributed by atoms with Gasteiger partial charge < -0.3 is 35.8 Å². The van der Waals surface area contributed by atoms with Crippen LogP contribution in [0.5, 0.6) is 5.75 Å². The third-order valence-corrected chi connectivity index (χ3v) is 22.5. The molecule has 9 aromatic rings. The molecule has 3 heterocycles. The number of benzene rings is 9. The Morgan fingerprint density at radius 2 is 0.794 bits per heavy atom. The second kappa shape index (κ2) is 38.9. The second-order valence-corrected chi connectivity index (χ2v) is 29.8. The Bertz CT molecular complexity index is 4290. The Balaban J connectivity index is 0.000000150. The van der Waals surface area contributed by atoms with Crippen molar-refractivity contribution in [1.82, 2.24) is 14.7 Å². The molecule has 3 aliphatic heterocycles. The highest BCUT2D eigenvalue weighted by molar-refractivity contribution is 6.01. The van der Waals surface area contributed by atoms with Crippen LogP contribution in [0.2, 0.25) is 0 Å². The molecule has 0 amide bonds. The van der Waals surface area contributed by atoms with Gasteiger partial charge in [-0.15, -0.1) is 0 Å². The molecule has 5 N–H and O–H groups in total. The maximum atomic E-state index is 13.3. The molecule has 0 unspecified atom stereocenters. The van der Waals surface area contributed by atoms with E-state index < -0.39 is 6.67 Å². The van der Waals surface area contributed by atoms with Crippen LogP contribution in [0.25, 0.3) is 33.4 Å². The summed E-state index contributed by atoms with van der Waals surface area (Å²) < 4.78 is 13.3. The molecule has 14 rings (SSSR count). The minimum absolute atomic E-state index is 0.0546. The fourth-order valence-corrected chi connectivity index (χ4v) is 16.4. The molecule has 5 aliphatic rings. The number of alkyl halides is 1. The SMILES string of the molecule is CC(C)N1CCN(c2ccc(/C(=C(/CCCF)c3ccccc3)c3ccc([N+](=O)[O-])cc3)cc2)CC1.Nc1ccc(/C(=C(\CCCO)c2ccccc2)c2ccc(C3CCN(C4CC4)CC3)cc2)cc1.OCCC/C(=C(\c1ccc(O)cc1)c1ccc(N2CCN(C3CCCCC3)CC2)cc1)c1ccccc1. The Kier molecular flexibility index (Phi) is 28.0. The smallest absolute Gasteiger partial charge is 0.269 e. The van der Waals surface area contributed by atoms with Crippen molar-refractivity contribution in [2.75, 3.05) is 101 Å². The molecule has 558 valence electrons. The molecule has 12 nitrogen and oxygen atoms in total. The molecular weight excluding hydrogens is 1330 g/mol. The minimum Gasteiger partial charge on any atom is -0.508 e. The van der Waals surface area contributed by atoms with Crippen molar-refractivity contribution in [3.05, 3.63) is 302 Å². The molecule has 5 fully saturated rings. The Morgan fingerprint density at radius 1 is 0.430 bits per heavy atom. The van der Waals surface area contributed by atoms with E-state index in [1.807, 2.05) is 60.7 Å². The van der Waals surface area contributed by atoms with Crippen molar-refractivity contribution in [1.29, 1.82) is 0 Å². The molecule has 107 heavy (non-hydrogen) atoms. The lowest BCUT2D eigenvalue weighted by Crippen LogP contribution is -2.50. The summed E-state index contributed by atoms with van der Waals surface area (Å²) in [7, 11) is 0. The zero-order valence-electron chi connectivity index (χ0n) is 62.9. The fourth-order valence-electron chi connectivity index (χ4n) is 16.4. The van der Waals surface area contributed by atoms with Gasteiger partial charge in [-0.2, -0.15) is 0 Å². The van der Waals surface area contributed by atoms with Crippen LogP contribution in [-0.4, -0.2) is 138 Å². The van der Waals surface area contributed by atoms with Gasteiger partial charge in [-0.25, -0.2) is 0 Å². The quantitative estimate of drug-likeness (QED) is 0.0188. The van der Waals surface area contributed by atoms with Crippen molar-refractivity contribution in [3.8, 4) is 5.75 Å². The molecule has 0 bridgehead atoms. The molecule has 13 heteroatoms. The number of non-ortho nitro benzene ring substituents is 1. The number of aliphatic hydroxyl groups excluding tert-OH is 2. The molecule has 2 aliphatic carbocycles. The van der Waals surface area contributed by atoms with Crippen molar-refractivity contribution in [2.45, 2.75) is 134 Å². The Morgan fingerprint density at radius 3 is 1.19 bits per heavy atom. The number of phenols is 1. The minimum atomic E-state index is -0.398. The van der Waals surface area contributed by atoms with Crippen LogP contribution < -0.4 is 15.5 Å². The van der Waals surface area contributed by atoms with Gasteiger partial charge in [0.25, 0.3) is 5.69 Å². The summed E-state index contributed by atoms with van der Waals surface area (Å²) in [6.07, 6.45) is 16.3. The van der Waals surface area contributed by atoms with E-state index >= 15 is 0 Å². The van der Waals surface area contributed by atoms with Gasteiger partial charge >= 0.3 is 0 Å². The highest BCUT2D eigenvalue weighted by atomic mass is 19.1. The molecule has 0 atom stereocenters. The number of likely N-dealkylation sites (tertiary alicyclic amines) is 1. The van der Waals surface area contributed by atoms with Gasteiger partial charge in [-0.05, 0) is 260 Å². The second-order valence-electron chi connectivity index (χ2n) is 29.8. The topological polar surface area (TPSA) is 146 Å². The van der Waals surface area contributed by atoms with E-state index in [-0.39, 0.29) is 29.6 Å². The van der Waals surface area contributed by atoms with E-state index in [9.17, 15) is 29.8 Å². The first-order valence-electron chi connectivity index (χ1n) is 39.5. The number of rotatable bonds is 25. The number of piperazine rings is 2. The first kappa shape index (κ1) is 77.2. The van der Waals surface area contributed by atoms with Gasteiger partial charge in [0.05, 0.1) is 11.6 Å². The highest BCUT2D eigenvalue weighted by Crippen LogP contribution is 2.42. The fraction of sp³-hybridized carbons (Fsp3) is 0.362. The summed E-state index contributed by atoms with van der Waals surface area (Å²) in [6, 6.07) is 82.5. The number of aliphatic hydroxyl groups is 2. The van der Waals surface area contributed by atoms with Gasteiger partial charge in [0.2, 0.25) is 0 Å². The molecule has 0 spiro atoms. The lowest BCUT2D eigenvalue weighted by molar-refractivity contribution is -0.384. The third kappa shape index (κ3) is 20.8. The van der Waals surface area contributed by atoms with Crippen LogP contribution in [0.15, 0.2) is 237 Å². The van der Waals surface area contributed by atoms with Crippen molar-refractivity contribution < 1.29 is 24.6 Å². The Labute approximate surface area is 635 Å². The molecule has 2 saturated carbocycles. The monoisotopic (exact) mass is 1440 g/mol. The summed E-state index contributed by atoms with van der Waals surface area (Å²) >= 11 is 0. The molecule has 0 aromatic heterocycles. The normalized spacial score (nSPS) is 17.1. The van der Waals surface area contributed by atoms with E-state index in [0.717, 1.165) is 139 Å². The van der Waals surface area contributed by atoms with Crippen LogP contribution in [0.3, 0.4) is 0 Å². The number of hydrogen-bond acceptors (Lipinski definition) is 11. The number of hydrogen-bond donors (Lipinski definition) is 4. The van der Waals surface area contributed by atoms with E-state index in [4.69, 9.17) is 5.73 Å². The van der Waals surface area contributed by atoms with Crippen molar-refractivity contribution in [2.24, 2.45) is 0 Å². The number of nitrogens with two attached hydrogens (primary N) is 1. The summed E-state index contributed by atoms with van der Waals surface area (Å²) in [5.41, 5.74) is 27.6. The number of nitro benzene ring substituents is 1. The van der Waals surface area contributed by atoms with Gasteiger partial charge in [0, 0.05) is 113 Å². The number of aromatic hydroxyl groups is 1. The van der Waals surface area contributed by atoms with Crippen molar-refractivity contribution in [3.63, 3.8) is 0 Å². The molecule has 0 radical (unpaired) electrons. The first-order chi connectivity index (χ1) is 52.4. The van der Waals surface area contributed by atoms with Crippen LogP contribution in [0.4, 0.5) is 27.1 Å². The average Bonchev–Trinajstić information content (AvgIpc) is 1.37. The third-order valence-electron chi connectivity index (χ3n) is 22.5. The largest absolute Gasteiger partial charge is 0.508 e. The Hall–Kier alpha value is -9.47. The first-order valence-corrected chi connectivity index (χ1v) is 39.5. The summed E-state index contributed by atoms with van der Waals surface area (Å²) in [5.74, 6) is 0.929. The van der Waals surface area contributed by atoms with Crippen LogP contribution in [0, 0.1) is 10.1 Å². The van der Waals surface area contributed by atoms with E-state index in [1.165, 1.54) is 133 Å². The standard InChI is InChI=1S/C33H40N2O2.C31H36N2O.C30H34FN3O2/c36-25-7-12-32(26-8-3-1-4-9-26)33(28-15-19-31(37)20-16-28)27-13-17-30(18-14-27)35-23-21-34(22-24-35)29-10-5-2-6-11-29;32-28-14-12-27(13-15-28)31(30(7-4-22-34)25-5-2-1-3-6-25)26-10-8-23(9-11-26)24-18-20-33(21-19-24)29-16-17-29;1-23(2)32-19-21-33(22-20-32)27-14-10-25(11-15-27)30(26-12-16-28(17-13-26)34(35)36)29(9-6-18-31)24-7-4-3-5-8-24/h1,3-4,8-9,13-20,29,36-37H,2,5-7,10-12,21-25H2;1-3,5-6,8-15,24,29,34H,4,7,16-22,32H2;3-5,7-8,10-17,23H,6,9,18-22H2,1-2H3/b33-32+;31-30+;30-29+. The number of halogens is 1.